The van der Waals surface area contributed by atoms with E-state index in [4.69, 9.17) is 11.5 Å². The second kappa shape index (κ2) is 4.14. The van der Waals surface area contributed by atoms with Crippen molar-refractivity contribution >= 4 is 28.3 Å². The molecule has 0 aliphatic carbocycles. The van der Waals surface area contributed by atoms with Crippen LogP contribution in [0.4, 0.5) is 14.5 Å². The third-order valence-corrected chi connectivity index (χ3v) is 2.44. The zero-order valence-electron chi connectivity index (χ0n) is 6.60. The molecule has 0 saturated heterocycles. The minimum atomic E-state index is -2.65. The van der Waals surface area contributed by atoms with E-state index in [0.717, 1.165) is 0 Å². The van der Waals surface area contributed by atoms with Crippen molar-refractivity contribution in [3.63, 3.8) is 0 Å². The van der Waals surface area contributed by atoms with E-state index in [1.165, 1.54) is 6.07 Å². The summed E-state index contributed by atoms with van der Waals surface area (Å²) in [6.07, 6.45) is -2.65. The van der Waals surface area contributed by atoms with Crippen LogP contribution in [0, 0.1) is 3.57 Å². The maximum absolute atomic E-state index is 12.3. The molecule has 0 aliphatic rings. The summed E-state index contributed by atoms with van der Waals surface area (Å²) in [6, 6.07) is 1.46. The van der Waals surface area contributed by atoms with Crippen LogP contribution in [0.3, 0.4) is 0 Å². The van der Waals surface area contributed by atoms with Crippen molar-refractivity contribution in [1.29, 1.82) is 0 Å². The summed E-state index contributed by atoms with van der Waals surface area (Å²) in [5.74, 6) is 0. The fraction of sp³-hybridized carbons (Fsp3) is 0.286. The third kappa shape index (κ3) is 2.25. The van der Waals surface area contributed by atoms with Gasteiger partial charge in [0.1, 0.15) is 5.69 Å². The fourth-order valence-electron chi connectivity index (χ4n) is 0.875. The molecule has 0 aliphatic heterocycles. The average Bonchev–Trinajstić information content (AvgIpc) is 2.03. The van der Waals surface area contributed by atoms with Crippen molar-refractivity contribution in [3.8, 4) is 0 Å². The average molecular weight is 299 g/mol. The number of halogens is 3. The second-order valence-corrected chi connectivity index (χ2v) is 3.56. The molecule has 0 atom stereocenters. The monoisotopic (exact) mass is 299 g/mol. The van der Waals surface area contributed by atoms with Crippen molar-refractivity contribution in [2.75, 3.05) is 5.73 Å². The SMILES string of the molecule is NCc1nc(C(F)F)c(N)cc1I. The van der Waals surface area contributed by atoms with Gasteiger partial charge in [0.05, 0.1) is 11.4 Å². The number of hydrogen-bond donors (Lipinski definition) is 2. The van der Waals surface area contributed by atoms with Crippen LogP contribution in [-0.4, -0.2) is 4.98 Å². The van der Waals surface area contributed by atoms with E-state index in [2.05, 4.69) is 4.98 Å². The van der Waals surface area contributed by atoms with E-state index < -0.39 is 6.43 Å². The van der Waals surface area contributed by atoms with Gasteiger partial charge in [0.25, 0.3) is 6.43 Å². The smallest absolute Gasteiger partial charge is 0.282 e. The quantitative estimate of drug-likeness (QED) is 0.816. The zero-order valence-corrected chi connectivity index (χ0v) is 8.76. The first-order chi connectivity index (χ1) is 6.06. The van der Waals surface area contributed by atoms with Crippen molar-refractivity contribution in [3.05, 3.63) is 21.0 Å². The Balaban J connectivity index is 3.22. The molecule has 6 heteroatoms. The van der Waals surface area contributed by atoms with Gasteiger partial charge in [-0.15, -0.1) is 0 Å². The first-order valence-electron chi connectivity index (χ1n) is 3.49. The highest BCUT2D eigenvalue weighted by atomic mass is 127. The van der Waals surface area contributed by atoms with Gasteiger partial charge in [0, 0.05) is 10.1 Å². The van der Waals surface area contributed by atoms with Gasteiger partial charge in [0.2, 0.25) is 0 Å². The van der Waals surface area contributed by atoms with E-state index in [9.17, 15) is 8.78 Å². The summed E-state index contributed by atoms with van der Waals surface area (Å²) >= 11 is 1.96. The molecule has 1 heterocycles. The Kier molecular flexibility index (Phi) is 3.37. The van der Waals surface area contributed by atoms with Crippen molar-refractivity contribution in [2.45, 2.75) is 13.0 Å². The highest BCUT2D eigenvalue weighted by molar-refractivity contribution is 14.1. The van der Waals surface area contributed by atoms with Crippen LogP contribution < -0.4 is 11.5 Å². The van der Waals surface area contributed by atoms with E-state index in [0.29, 0.717) is 9.26 Å². The number of nitrogen functional groups attached to an aromatic ring is 1. The van der Waals surface area contributed by atoms with Gasteiger partial charge < -0.3 is 11.5 Å². The fourth-order valence-corrected chi connectivity index (χ4v) is 1.55. The lowest BCUT2D eigenvalue weighted by Crippen LogP contribution is -2.08. The lowest BCUT2D eigenvalue weighted by atomic mass is 10.2. The number of rotatable bonds is 2. The first kappa shape index (κ1) is 10.6. The minimum Gasteiger partial charge on any atom is -0.397 e. The van der Waals surface area contributed by atoms with Crippen LogP contribution in [0.25, 0.3) is 0 Å². The molecule has 13 heavy (non-hydrogen) atoms. The molecule has 0 radical (unpaired) electrons. The van der Waals surface area contributed by atoms with Crippen LogP contribution in [0.2, 0.25) is 0 Å². The third-order valence-electron chi connectivity index (χ3n) is 1.51. The molecule has 3 nitrogen and oxygen atoms in total. The molecule has 1 rings (SSSR count). The molecule has 0 unspecified atom stereocenters. The summed E-state index contributed by atoms with van der Waals surface area (Å²) < 4.78 is 25.3. The number of nitrogens with two attached hydrogens (primary N) is 2. The molecule has 0 aromatic carbocycles. The van der Waals surface area contributed by atoms with Gasteiger partial charge in [-0.2, -0.15) is 0 Å². The molecule has 0 amide bonds. The van der Waals surface area contributed by atoms with Gasteiger partial charge >= 0.3 is 0 Å². The Bertz CT molecular complexity index is 317. The van der Waals surface area contributed by atoms with Crippen LogP contribution in [0.1, 0.15) is 17.8 Å². The lowest BCUT2D eigenvalue weighted by molar-refractivity contribution is 0.146. The van der Waals surface area contributed by atoms with Crippen LogP contribution in [0.15, 0.2) is 6.07 Å². The number of anilines is 1. The van der Waals surface area contributed by atoms with Crippen molar-refractivity contribution in [2.24, 2.45) is 5.73 Å². The predicted molar refractivity (Wildman–Crippen MR) is 54.2 cm³/mol. The van der Waals surface area contributed by atoms with Crippen LogP contribution in [-0.2, 0) is 6.54 Å². The Hall–Kier alpha value is -0.500. The van der Waals surface area contributed by atoms with Crippen LogP contribution >= 0.6 is 22.6 Å². The summed E-state index contributed by atoms with van der Waals surface area (Å²) in [5.41, 5.74) is 10.7. The van der Waals surface area contributed by atoms with Crippen molar-refractivity contribution in [1.82, 2.24) is 4.98 Å². The highest BCUT2D eigenvalue weighted by Crippen LogP contribution is 2.25. The van der Waals surface area contributed by atoms with E-state index in [1.54, 1.807) is 0 Å². The first-order valence-corrected chi connectivity index (χ1v) is 4.57. The lowest BCUT2D eigenvalue weighted by Gasteiger charge is -2.07. The molecule has 0 fully saturated rings. The summed E-state index contributed by atoms with van der Waals surface area (Å²) in [4.78, 5) is 3.68. The molecule has 0 saturated carbocycles. The molecule has 1 aromatic heterocycles. The molecule has 0 bridgehead atoms. The number of alkyl halides is 2. The van der Waals surface area contributed by atoms with E-state index in [1.807, 2.05) is 22.6 Å². The maximum atomic E-state index is 12.3. The summed E-state index contributed by atoms with van der Waals surface area (Å²) in [7, 11) is 0. The Morgan fingerprint density at radius 1 is 1.54 bits per heavy atom. The van der Waals surface area contributed by atoms with Crippen molar-refractivity contribution < 1.29 is 8.78 Å². The molecule has 1 aromatic rings. The van der Waals surface area contributed by atoms with Gasteiger partial charge in [0.15, 0.2) is 0 Å². The zero-order chi connectivity index (χ0) is 10.0. The predicted octanol–water partition coefficient (Wildman–Crippen LogP) is 1.66. The Morgan fingerprint density at radius 2 is 2.15 bits per heavy atom. The van der Waals surface area contributed by atoms with Gasteiger partial charge in [-0.1, -0.05) is 0 Å². The normalized spacial score (nSPS) is 10.8. The van der Waals surface area contributed by atoms with Gasteiger partial charge in [-0.3, -0.25) is 0 Å². The standard InChI is InChI=1S/C7H8F2IN3/c8-7(9)6-4(12)1-3(10)5(2-11)13-6/h1,7H,2,11-12H2. The maximum Gasteiger partial charge on any atom is 0.282 e. The Labute approximate surface area is 87.7 Å². The molecule has 72 valence electrons. The van der Waals surface area contributed by atoms with Gasteiger partial charge in [-0.05, 0) is 28.7 Å². The van der Waals surface area contributed by atoms with Crippen LogP contribution in [0.5, 0.6) is 0 Å². The van der Waals surface area contributed by atoms with E-state index >= 15 is 0 Å². The van der Waals surface area contributed by atoms with Gasteiger partial charge in [-0.25, -0.2) is 13.8 Å². The number of aromatic nitrogens is 1. The number of nitrogens with zero attached hydrogens (tertiary/aromatic N) is 1. The molecular weight excluding hydrogens is 291 g/mol. The summed E-state index contributed by atoms with van der Waals surface area (Å²) in [5, 5.41) is 0. The topological polar surface area (TPSA) is 64.9 Å². The van der Waals surface area contributed by atoms with E-state index in [-0.39, 0.29) is 17.9 Å². The Morgan fingerprint density at radius 3 is 2.62 bits per heavy atom. The summed E-state index contributed by atoms with van der Waals surface area (Å²) in [6.45, 7) is 0.137. The minimum absolute atomic E-state index is 0.0107. The molecular formula is C7H8F2IN3. The number of hydrogen-bond acceptors (Lipinski definition) is 3. The largest absolute Gasteiger partial charge is 0.397 e. The highest BCUT2D eigenvalue weighted by Gasteiger charge is 2.15. The molecule has 4 N–H and O–H groups in total. The second-order valence-electron chi connectivity index (χ2n) is 2.40. The number of pyridine rings is 1. The molecule has 0 spiro atoms.